The van der Waals surface area contributed by atoms with Crippen LogP contribution in [0.4, 0.5) is 0 Å². The minimum atomic E-state index is -1.37. The molecule has 0 saturated heterocycles. The standard InChI is InChI=1S/C15H22O4/c1-5-15(3,10(2)13(16)14(17)18)11-6-8-12(19-4)9-7-11/h6-10,13,16H,5H2,1-4H3,(H,17,18). The number of aliphatic hydroxyl groups is 1. The van der Waals surface area contributed by atoms with E-state index in [0.29, 0.717) is 0 Å². The summed E-state index contributed by atoms with van der Waals surface area (Å²) in [6.07, 6.45) is -0.628. The van der Waals surface area contributed by atoms with Crippen molar-refractivity contribution in [1.29, 1.82) is 0 Å². The van der Waals surface area contributed by atoms with E-state index in [4.69, 9.17) is 9.84 Å². The molecule has 1 aromatic rings. The third-order valence-electron chi connectivity index (χ3n) is 4.22. The maximum absolute atomic E-state index is 11.0. The van der Waals surface area contributed by atoms with Crippen LogP contribution in [0.5, 0.6) is 5.75 Å². The maximum Gasteiger partial charge on any atom is 0.332 e. The van der Waals surface area contributed by atoms with Gasteiger partial charge in [0.1, 0.15) is 5.75 Å². The van der Waals surface area contributed by atoms with E-state index in [1.54, 1.807) is 14.0 Å². The van der Waals surface area contributed by atoms with Crippen molar-refractivity contribution >= 4 is 5.97 Å². The van der Waals surface area contributed by atoms with Crippen molar-refractivity contribution in [3.05, 3.63) is 29.8 Å². The van der Waals surface area contributed by atoms with Crippen LogP contribution in [0, 0.1) is 5.92 Å². The van der Waals surface area contributed by atoms with E-state index in [2.05, 4.69) is 0 Å². The molecule has 0 bridgehead atoms. The highest BCUT2D eigenvalue weighted by Crippen LogP contribution is 2.37. The van der Waals surface area contributed by atoms with Gasteiger partial charge in [-0.3, -0.25) is 0 Å². The van der Waals surface area contributed by atoms with E-state index in [1.807, 2.05) is 38.1 Å². The fraction of sp³-hybridized carbons (Fsp3) is 0.533. The van der Waals surface area contributed by atoms with Crippen molar-refractivity contribution in [3.8, 4) is 5.75 Å². The molecule has 0 amide bonds. The van der Waals surface area contributed by atoms with Crippen LogP contribution >= 0.6 is 0 Å². The molecule has 3 atom stereocenters. The predicted molar refractivity (Wildman–Crippen MR) is 73.4 cm³/mol. The molecule has 0 aliphatic rings. The Morgan fingerprint density at radius 1 is 1.37 bits per heavy atom. The van der Waals surface area contributed by atoms with Crippen LogP contribution in [0.1, 0.15) is 32.8 Å². The van der Waals surface area contributed by atoms with Crippen molar-refractivity contribution in [2.24, 2.45) is 5.92 Å². The van der Waals surface area contributed by atoms with Gasteiger partial charge in [0.05, 0.1) is 7.11 Å². The van der Waals surface area contributed by atoms with Gasteiger partial charge in [-0.05, 0) is 29.5 Å². The van der Waals surface area contributed by atoms with E-state index >= 15 is 0 Å². The number of hydrogen-bond acceptors (Lipinski definition) is 3. The van der Waals surface area contributed by atoms with Crippen LogP contribution < -0.4 is 4.74 Å². The molecule has 4 nitrogen and oxygen atoms in total. The highest BCUT2D eigenvalue weighted by molar-refractivity contribution is 5.72. The first-order valence-electron chi connectivity index (χ1n) is 6.42. The van der Waals surface area contributed by atoms with Gasteiger partial charge in [-0.1, -0.05) is 32.9 Å². The van der Waals surface area contributed by atoms with Crippen LogP contribution in [0.2, 0.25) is 0 Å². The number of ether oxygens (including phenoxy) is 1. The molecule has 19 heavy (non-hydrogen) atoms. The largest absolute Gasteiger partial charge is 0.497 e. The van der Waals surface area contributed by atoms with Gasteiger partial charge in [-0.15, -0.1) is 0 Å². The van der Waals surface area contributed by atoms with Crippen LogP contribution in [0.25, 0.3) is 0 Å². The Kier molecular flexibility index (Phi) is 4.95. The molecular formula is C15H22O4. The van der Waals surface area contributed by atoms with Crippen molar-refractivity contribution in [1.82, 2.24) is 0 Å². The molecule has 0 spiro atoms. The highest BCUT2D eigenvalue weighted by Gasteiger charge is 2.38. The first kappa shape index (κ1) is 15.5. The third kappa shape index (κ3) is 3.07. The number of hydrogen-bond donors (Lipinski definition) is 2. The molecule has 0 heterocycles. The van der Waals surface area contributed by atoms with E-state index in [-0.39, 0.29) is 5.92 Å². The Hall–Kier alpha value is -1.55. The molecule has 0 saturated carbocycles. The summed E-state index contributed by atoms with van der Waals surface area (Å²) >= 11 is 0. The minimum Gasteiger partial charge on any atom is -0.497 e. The first-order valence-corrected chi connectivity index (χ1v) is 6.42. The van der Waals surface area contributed by atoms with Gasteiger partial charge in [-0.2, -0.15) is 0 Å². The summed E-state index contributed by atoms with van der Waals surface area (Å²) in [6, 6.07) is 7.55. The fourth-order valence-corrected chi connectivity index (χ4v) is 2.32. The highest BCUT2D eigenvalue weighted by atomic mass is 16.5. The van der Waals surface area contributed by atoms with Gasteiger partial charge in [0.15, 0.2) is 6.10 Å². The summed E-state index contributed by atoms with van der Waals surface area (Å²) in [7, 11) is 1.60. The van der Waals surface area contributed by atoms with Gasteiger partial charge in [0, 0.05) is 5.92 Å². The number of carbonyl (C=O) groups is 1. The summed E-state index contributed by atoms with van der Waals surface area (Å²) in [5.41, 5.74) is 0.605. The topological polar surface area (TPSA) is 66.8 Å². The van der Waals surface area contributed by atoms with Gasteiger partial charge < -0.3 is 14.9 Å². The second-order valence-corrected chi connectivity index (χ2v) is 5.07. The average Bonchev–Trinajstić information content (AvgIpc) is 2.44. The van der Waals surface area contributed by atoms with Crippen LogP contribution in [0.3, 0.4) is 0 Å². The lowest BCUT2D eigenvalue weighted by atomic mass is 9.68. The Morgan fingerprint density at radius 2 is 1.89 bits per heavy atom. The Balaban J connectivity index is 3.10. The van der Waals surface area contributed by atoms with E-state index in [0.717, 1.165) is 17.7 Å². The SMILES string of the molecule is CCC(C)(c1ccc(OC)cc1)C(C)C(O)C(=O)O. The van der Waals surface area contributed by atoms with Gasteiger partial charge in [-0.25, -0.2) is 4.79 Å². The molecule has 1 aromatic carbocycles. The average molecular weight is 266 g/mol. The van der Waals surface area contributed by atoms with E-state index in [9.17, 15) is 9.90 Å². The van der Waals surface area contributed by atoms with E-state index < -0.39 is 17.5 Å². The first-order chi connectivity index (χ1) is 8.86. The second kappa shape index (κ2) is 6.06. The number of rotatable bonds is 6. The molecule has 0 radical (unpaired) electrons. The second-order valence-electron chi connectivity index (χ2n) is 5.07. The number of carboxylic acid groups (broad SMARTS) is 1. The third-order valence-corrected chi connectivity index (χ3v) is 4.22. The van der Waals surface area contributed by atoms with Gasteiger partial charge in [0.2, 0.25) is 0 Å². The summed E-state index contributed by atoms with van der Waals surface area (Å²) < 4.78 is 5.12. The monoisotopic (exact) mass is 266 g/mol. The molecule has 0 aliphatic heterocycles. The zero-order chi connectivity index (χ0) is 14.6. The summed E-state index contributed by atoms with van der Waals surface area (Å²) in [6.45, 7) is 5.74. The number of methoxy groups -OCH3 is 1. The van der Waals surface area contributed by atoms with Crippen molar-refractivity contribution < 1.29 is 19.7 Å². The molecule has 0 aromatic heterocycles. The van der Waals surface area contributed by atoms with Crippen molar-refractivity contribution in [2.45, 2.75) is 38.7 Å². The summed E-state index contributed by atoms with van der Waals surface area (Å²) in [4.78, 5) is 11.0. The molecular weight excluding hydrogens is 244 g/mol. The van der Waals surface area contributed by atoms with Gasteiger partial charge in [0.25, 0.3) is 0 Å². The number of carboxylic acids is 1. The van der Waals surface area contributed by atoms with E-state index in [1.165, 1.54) is 0 Å². The zero-order valence-corrected chi connectivity index (χ0v) is 11.9. The lowest BCUT2D eigenvalue weighted by Crippen LogP contribution is -2.41. The molecule has 0 aliphatic carbocycles. The normalized spacial score (nSPS) is 17.3. The lowest BCUT2D eigenvalue weighted by Gasteiger charge is -2.37. The van der Waals surface area contributed by atoms with Gasteiger partial charge >= 0.3 is 5.97 Å². The summed E-state index contributed by atoms with van der Waals surface area (Å²) in [5.74, 6) is -0.808. The molecule has 3 unspecified atom stereocenters. The predicted octanol–water partition coefficient (Wildman–Crippen LogP) is 2.44. The zero-order valence-electron chi connectivity index (χ0n) is 11.9. The van der Waals surface area contributed by atoms with Crippen LogP contribution in [0.15, 0.2) is 24.3 Å². The lowest BCUT2D eigenvalue weighted by molar-refractivity contribution is -0.150. The number of aliphatic hydroxyl groups excluding tert-OH is 1. The molecule has 4 heteroatoms. The Labute approximate surface area is 114 Å². The quantitative estimate of drug-likeness (QED) is 0.830. The molecule has 0 fully saturated rings. The minimum absolute atomic E-state index is 0.386. The smallest absolute Gasteiger partial charge is 0.332 e. The molecule has 2 N–H and O–H groups in total. The fourth-order valence-electron chi connectivity index (χ4n) is 2.32. The number of benzene rings is 1. The summed E-state index contributed by atoms with van der Waals surface area (Å²) in [5, 5.41) is 18.8. The van der Waals surface area contributed by atoms with Crippen LogP contribution in [-0.4, -0.2) is 29.4 Å². The van der Waals surface area contributed by atoms with Crippen molar-refractivity contribution in [2.75, 3.05) is 7.11 Å². The van der Waals surface area contributed by atoms with Crippen molar-refractivity contribution in [3.63, 3.8) is 0 Å². The number of aliphatic carboxylic acids is 1. The Bertz CT molecular complexity index is 426. The maximum atomic E-state index is 11.0. The molecule has 1 rings (SSSR count). The Morgan fingerprint density at radius 3 is 2.26 bits per heavy atom. The van der Waals surface area contributed by atoms with Crippen LogP contribution in [-0.2, 0) is 10.2 Å². The molecule has 106 valence electrons.